The van der Waals surface area contributed by atoms with Crippen molar-refractivity contribution in [3.8, 4) is 5.75 Å². The first kappa shape index (κ1) is 19.6. The van der Waals surface area contributed by atoms with E-state index in [4.69, 9.17) is 9.47 Å². The summed E-state index contributed by atoms with van der Waals surface area (Å²) in [6.45, 7) is 5.46. The molecule has 0 saturated carbocycles. The Bertz CT molecular complexity index is 848. The zero-order valence-corrected chi connectivity index (χ0v) is 15.9. The number of morpholine rings is 1. The molecule has 0 unspecified atom stereocenters. The lowest BCUT2D eigenvalue weighted by Gasteiger charge is -2.29. The summed E-state index contributed by atoms with van der Waals surface area (Å²) in [5.41, 5.74) is -0.183. The fourth-order valence-corrected chi connectivity index (χ4v) is 2.92. The number of nitrogens with one attached hydrogen (secondary N) is 1. The highest BCUT2D eigenvalue weighted by molar-refractivity contribution is 5.97. The van der Waals surface area contributed by atoms with Crippen LogP contribution in [0.4, 0.5) is 17.1 Å². The number of hydrogen-bond acceptors (Lipinski definition) is 6. The van der Waals surface area contributed by atoms with Gasteiger partial charge in [-0.1, -0.05) is 18.2 Å². The van der Waals surface area contributed by atoms with Crippen LogP contribution in [0.15, 0.2) is 48.5 Å². The van der Waals surface area contributed by atoms with Crippen molar-refractivity contribution >= 4 is 23.0 Å². The van der Waals surface area contributed by atoms with Crippen molar-refractivity contribution in [3.05, 3.63) is 58.6 Å². The molecule has 0 atom stereocenters. The van der Waals surface area contributed by atoms with E-state index < -0.39 is 10.5 Å². The van der Waals surface area contributed by atoms with Gasteiger partial charge in [-0.15, -0.1) is 0 Å². The lowest BCUT2D eigenvalue weighted by atomic mass is 10.1. The first-order chi connectivity index (χ1) is 13.4. The molecule has 3 rings (SSSR count). The molecule has 0 aliphatic carbocycles. The van der Waals surface area contributed by atoms with Crippen LogP contribution in [0.25, 0.3) is 0 Å². The van der Waals surface area contributed by atoms with E-state index in [0.717, 1.165) is 0 Å². The average molecular weight is 385 g/mol. The van der Waals surface area contributed by atoms with Gasteiger partial charge in [0.1, 0.15) is 11.4 Å². The minimum Gasteiger partial charge on any atom is -0.478 e. The van der Waals surface area contributed by atoms with Crippen LogP contribution >= 0.6 is 0 Å². The number of hydrogen-bond donors (Lipinski definition) is 1. The molecular formula is C20H23N3O5. The summed E-state index contributed by atoms with van der Waals surface area (Å²) in [7, 11) is 0. The van der Waals surface area contributed by atoms with Crippen LogP contribution in [0, 0.1) is 10.1 Å². The van der Waals surface area contributed by atoms with Crippen LogP contribution in [0.2, 0.25) is 0 Å². The molecule has 0 bridgehead atoms. The van der Waals surface area contributed by atoms with Crippen LogP contribution < -0.4 is 15.0 Å². The Hall–Kier alpha value is -3.13. The molecule has 0 spiro atoms. The van der Waals surface area contributed by atoms with Crippen LogP contribution in [0.1, 0.15) is 13.8 Å². The second-order valence-electron chi connectivity index (χ2n) is 6.94. The topological polar surface area (TPSA) is 93.9 Å². The third-order valence-corrected chi connectivity index (χ3v) is 4.44. The molecule has 148 valence electrons. The van der Waals surface area contributed by atoms with E-state index in [1.807, 2.05) is 23.1 Å². The smallest absolute Gasteiger partial charge is 0.292 e. The Morgan fingerprint density at radius 2 is 1.86 bits per heavy atom. The summed E-state index contributed by atoms with van der Waals surface area (Å²) in [5, 5.41) is 14.2. The van der Waals surface area contributed by atoms with Crippen LogP contribution in [0.5, 0.6) is 5.75 Å². The molecule has 1 aliphatic heterocycles. The molecule has 0 radical (unpaired) electrons. The molecule has 1 N–H and O–H groups in total. The minimum absolute atomic E-state index is 0.000283. The number of benzene rings is 2. The Morgan fingerprint density at radius 1 is 1.18 bits per heavy atom. The van der Waals surface area contributed by atoms with E-state index in [-0.39, 0.29) is 11.6 Å². The summed E-state index contributed by atoms with van der Waals surface area (Å²) in [5.74, 6) is 0.235. The number of anilines is 2. The number of nitro groups is 1. The predicted molar refractivity (Wildman–Crippen MR) is 106 cm³/mol. The number of para-hydroxylation sites is 1. The van der Waals surface area contributed by atoms with Gasteiger partial charge in [-0.25, -0.2) is 0 Å². The lowest BCUT2D eigenvalue weighted by molar-refractivity contribution is -0.384. The van der Waals surface area contributed by atoms with E-state index in [1.54, 1.807) is 32.0 Å². The summed E-state index contributed by atoms with van der Waals surface area (Å²) >= 11 is 0. The summed E-state index contributed by atoms with van der Waals surface area (Å²) in [6, 6.07) is 13.6. The molecule has 1 fully saturated rings. The summed E-state index contributed by atoms with van der Waals surface area (Å²) in [4.78, 5) is 25.6. The molecule has 1 saturated heterocycles. The van der Waals surface area contributed by atoms with Crippen molar-refractivity contribution < 1.29 is 19.2 Å². The maximum atomic E-state index is 12.7. The highest BCUT2D eigenvalue weighted by Crippen LogP contribution is 2.32. The zero-order valence-electron chi connectivity index (χ0n) is 15.9. The molecule has 0 aromatic heterocycles. The van der Waals surface area contributed by atoms with E-state index in [0.29, 0.717) is 43.4 Å². The summed E-state index contributed by atoms with van der Waals surface area (Å²) < 4.78 is 11.1. The monoisotopic (exact) mass is 385 g/mol. The first-order valence-corrected chi connectivity index (χ1v) is 9.03. The van der Waals surface area contributed by atoms with E-state index >= 15 is 0 Å². The van der Waals surface area contributed by atoms with Crippen molar-refractivity contribution in [1.29, 1.82) is 0 Å². The molecular weight excluding hydrogens is 362 g/mol. The maximum absolute atomic E-state index is 12.7. The summed E-state index contributed by atoms with van der Waals surface area (Å²) in [6.07, 6.45) is 0. The Morgan fingerprint density at radius 3 is 2.50 bits per heavy atom. The molecule has 2 aromatic carbocycles. The van der Waals surface area contributed by atoms with Crippen molar-refractivity contribution in [3.63, 3.8) is 0 Å². The normalized spacial score (nSPS) is 14.4. The first-order valence-electron chi connectivity index (χ1n) is 9.03. The number of carbonyl (C=O) groups is 1. The van der Waals surface area contributed by atoms with Crippen LogP contribution in [-0.2, 0) is 9.53 Å². The molecule has 28 heavy (non-hydrogen) atoms. The van der Waals surface area contributed by atoms with Gasteiger partial charge in [0, 0.05) is 24.8 Å². The highest BCUT2D eigenvalue weighted by Gasteiger charge is 2.31. The van der Waals surface area contributed by atoms with Gasteiger partial charge in [-0.2, -0.15) is 0 Å². The van der Waals surface area contributed by atoms with Crippen molar-refractivity contribution in [1.82, 2.24) is 0 Å². The Labute approximate surface area is 163 Å². The predicted octanol–water partition coefficient (Wildman–Crippen LogP) is 3.23. The largest absolute Gasteiger partial charge is 0.478 e. The molecule has 1 amide bonds. The number of nitro benzene ring substituents is 1. The second kappa shape index (κ2) is 8.26. The van der Waals surface area contributed by atoms with E-state index in [1.165, 1.54) is 12.1 Å². The SMILES string of the molecule is CC(C)(Oc1ccccc1)C(=O)Nc1ccc([N+](=O)[O-])c(N2CCOCC2)c1. The number of ether oxygens (including phenoxy) is 2. The molecule has 8 heteroatoms. The average Bonchev–Trinajstić information content (AvgIpc) is 2.69. The van der Waals surface area contributed by atoms with Crippen LogP contribution in [-0.4, -0.2) is 42.7 Å². The minimum atomic E-state index is -1.12. The van der Waals surface area contributed by atoms with E-state index in [9.17, 15) is 14.9 Å². The second-order valence-corrected chi connectivity index (χ2v) is 6.94. The number of rotatable bonds is 6. The lowest BCUT2D eigenvalue weighted by Crippen LogP contribution is -2.42. The van der Waals surface area contributed by atoms with Gasteiger partial charge in [0.2, 0.25) is 0 Å². The Kier molecular flexibility index (Phi) is 5.79. The molecule has 2 aromatic rings. The van der Waals surface area contributed by atoms with Crippen LogP contribution in [0.3, 0.4) is 0 Å². The van der Waals surface area contributed by atoms with Gasteiger partial charge in [0.25, 0.3) is 11.6 Å². The molecule has 1 heterocycles. The van der Waals surface area contributed by atoms with Gasteiger partial charge < -0.3 is 19.7 Å². The molecule has 1 aliphatic rings. The van der Waals surface area contributed by atoms with Crippen molar-refractivity contribution in [2.24, 2.45) is 0 Å². The zero-order chi connectivity index (χ0) is 20.1. The van der Waals surface area contributed by atoms with Gasteiger partial charge >= 0.3 is 0 Å². The number of amides is 1. The maximum Gasteiger partial charge on any atom is 0.292 e. The molecule has 8 nitrogen and oxygen atoms in total. The number of carbonyl (C=O) groups excluding carboxylic acids is 1. The third kappa shape index (κ3) is 4.58. The fourth-order valence-electron chi connectivity index (χ4n) is 2.92. The van der Waals surface area contributed by atoms with Gasteiger partial charge in [-0.05, 0) is 38.1 Å². The van der Waals surface area contributed by atoms with Crippen molar-refractivity contribution in [2.75, 3.05) is 36.5 Å². The quantitative estimate of drug-likeness (QED) is 0.606. The Balaban J connectivity index is 1.79. The third-order valence-electron chi connectivity index (χ3n) is 4.44. The van der Waals surface area contributed by atoms with Gasteiger partial charge in [0.15, 0.2) is 5.60 Å². The van der Waals surface area contributed by atoms with Gasteiger partial charge in [-0.3, -0.25) is 14.9 Å². The van der Waals surface area contributed by atoms with E-state index in [2.05, 4.69) is 5.32 Å². The van der Waals surface area contributed by atoms with Crippen molar-refractivity contribution in [2.45, 2.75) is 19.4 Å². The number of nitrogens with zero attached hydrogens (tertiary/aromatic N) is 2. The van der Waals surface area contributed by atoms with Gasteiger partial charge in [0.05, 0.1) is 18.1 Å². The highest BCUT2D eigenvalue weighted by atomic mass is 16.6. The standard InChI is InChI=1S/C20H23N3O5/c1-20(2,28-16-6-4-3-5-7-16)19(24)21-15-8-9-17(23(25)26)18(14-15)22-10-12-27-13-11-22/h3-9,14H,10-13H2,1-2H3,(H,21,24). The fraction of sp³-hybridized carbons (Fsp3) is 0.350.